The number of amides is 2. The molecule has 1 aromatic rings. The number of carbonyl (C=O) groups is 2. The van der Waals surface area contributed by atoms with Crippen LogP contribution in [0.4, 0.5) is 14.9 Å². The van der Waals surface area contributed by atoms with Gasteiger partial charge in [0.25, 0.3) is 5.91 Å². The van der Waals surface area contributed by atoms with Gasteiger partial charge in [-0.25, -0.2) is 17.6 Å². The van der Waals surface area contributed by atoms with Crippen molar-refractivity contribution in [1.82, 2.24) is 5.32 Å². The number of nitrogens with one attached hydrogen (secondary N) is 1. The van der Waals surface area contributed by atoms with Gasteiger partial charge in [0.05, 0.1) is 23.2 Å². The molecule has 2 saturated heterocycles. The highest BCUT2D eigenvalue weighted by Crippen LogP contribution is 2.41. The van der Waals surface area contributed by atoms with Gasteiger partial charge in [-0.3, -0.25) is 4.79 Å². The number of halogens is 1. The highest BCUT2D eigenvalue weighted by Gasteiger charge is 2.49. The summed E-state index contributed by atoms with van der Waals surface area (Å²) in [6, 6.07) is 5.43. The highest BCUT2D eigenvalue weighted by atomic mass is 32.2. The summed E-state index contributed by atoms with van der Waals surface area (Å²) in [6.07, 6.45) is -0.751. The van der Waals surface area contributed by atoms with Crippen LogP contribution in [0.2, 0.25) is 0 Å². The van der Waals surface area contributed by atoms with Crippen molar-refractivity contribution in [2.24, 2.45) is 4.99 Å². The molecule has 158 valence electrons. The number of carbonyl (C=O) groups excluding carboxylic acids is 2. The minimum atomic E-state index is -3.25. The Bertz CT molecular complexity index is 958. The molecule has 2 fully saturated rings. The van der Waals surface area contributed by atoms with Gasteiger partial charge >= 0.3 is 6.09 Å². The molecule has 0 bridgehead atoms. The lowest BCUT2D eigenvalue weighted by Crippen LogP contribution is -2.39. The Labute approximate surface area is 172 Å². The summed E-state index contributed by atoms with van der Waals surface area (Å²) < 4.78 is 43.5. The molecule has 3 rings (SSSR count). The van der Waals surface area contributed by atoms with Crippen molar-refractivity contribution in [2.45, 2.75) is 37.7 Å². The molecule has 11 heteroatoms. The van der Waals surface area contributed by atoms with Crippen molar-refractivity contribution >= 4 is 44.5 Å². The van der Waals surface area contributed by atoms with Crippen LogP contribution in [0.25, 0.3) is 0 Å². The molecule has 0 aromatic heterocycles. The lowest BCUT2D eigenvalue weighted by molar-refractivity contribution is -0.117. The Morgan fingerprint density at radius 3 is 2.66 bits per heavy atom. The fraction of sp³-hybridized carbons (Fsp3) is 0.500. The summed E-state index contributed by atoms with van der Waals surface area (Å²) in [7, 11) is -3.25. The molecule has 0 saturated carbocycles. The van der Waals surface area contributed by atoms with Gasteiger partial charge in [-0.15, -0.1) is 0 Å². The summed E-state index contributed by atoms with van der Waals surface area (Å²) in [5, 5.41) is 2.20. The molecule has 0 aliphatic carbocycles. The van der Waals surface area contributed by atoms with E-state index in [1.165, 1.54) is 23.1 Å². The van der Waals surface area contributed by atoms with Gasteiger partial charge in [-0.05, 0) is 32.9 Å². The van der Waals surface area contributed by atoms with Crippen LogP contribution in [-0.2, 0) is 19.4 Å². The Hall–Kier alpha value is -2.14. The van der Waals surface area contributed by atoms with Crippen LogP contribution in [0.3, 0.4) is 0 Å². The molecule has 2 amide bonds. The minimum Gasteiger partial charge on any atom is -0.444 e. The summed E-state index contributed by atoms with van der Waals surface area (Å²) in [5.41, 5.74) is -0.540. The standard InChI is InChI=1S/C18H22FN3O5S2/c1-18(2,3)27-17(24)20-8-15(23)21-16-22(12-7-5-4-6-11(12)19)13-9-29(25,26)10-14(13)28-16/h4-7,13-14H,8-10H2,1-3H3,(H,20,24)/t13-,14-/m0/s1. The van der Waals surface area contributed by atoms with Crippen LogP contribution in [0, 0.1) is 5.82 Å². The number of para-hydroxylation sites is 1. The third-order valence-electron chi connectivity index (χ3n) is 4.18. The first-order valence-corrected chi connectivity index (χ1v) is 11.6. The lowest BCUT2D eigenvalue weighted by Gasteiger charge is -2.24. The zero-order chi connectivity index (χ0) is 21.4. The third-order valence-corrected chi connectivity index (χ3v) is 7.39. The van der Waals surface area contributed by atoms with Gasteiger partial charge in [0.15, 0.2) is 15.0 Å². The monoisotopic (exact) mass is 443 g/mol. The summed E-state index contributed by atoms with van der Waals surface area (Å²) in [6.45, 7) is 4.70. The summed E-state index contributed by atoms with van der Waals surface area (Å²) in [4.78, 5) is 29.4. The second-order valence-electron chi connectivity index (χ2n) is 7.77. The summed E-state index contributed by atoms with van der Waals surface area (Å²) >= 11 is 1.13. The molecule has 2 aliphatic rings. The zero-order valence-corrected chi connectivity index (χ0v) is 17.8. The topological polar surface area (TPSA) is 105 Å². The molecule has 0 spiro atoms. The highest BCUT2D eigenvalue weighted by molar-refractivity contribution is 8.16. The predicted octanol–water partition coefficient (Wildman–Crippen LogP) is 1.95. The molecule has 2 aliphatic heterocycles. The molecule has 1 aromatic carbocycles. The second kappa shape index (κ2) is 7.94. The number of rotatable bonds is 3. The largest absolute Gasteiger partial charge is 0.444 e. The van der Waals surface area contributed by atoms with Crippen molar-refractivity contribution in [3.8, 4) is 0 Å². The number of hydrogen-bond donors (Lipinski definition) is 1. The average Bonchev–Trinajstić information content (AvgIpc) is 3.03. The van der Waals surface area contributed by atoms with Crippen LogP contribution >= 0.6 is 11.8 Å². The molecule has 2 atom stereocenters. The molecular weight excluding hydrogens is 421 g/mol. The Morgan fingerprint density at radius 1 is 1.31 bits per heavy atom. The number of thioether (sulfide) groups is 1. The molecule has 0 unspecified atom stereocenters. The van der Waals surface area contributed by atoms with Gasteiger partial charge in [0, 0.05) is 5.25 Å². The minimum absolute atomic E-state index is 0.0589. The number of ether oxygens (including phenoxy) is 1. The van der Waals surface area contributed by atoms with E-state index in [2.05, 4.69) is 10.3 Å². The van der Waals surface area contributed by atoms with E-state index in [9.17, 15) is 22.4 Å². The van der Waals surface area contributed by atoms with E-state index >= 15 is 0 Å². The van der Waals surface area contributed by atoms with E-state index in [0.29, 0.717) is 0 Å². The van der Waals surface area contributed by atoms with E-state index in [-0.39, 0.29) is 27.6 Å². The maximum Gasteiger partial charge on any atom is 0.408 e. The maximum atomic E-state index is 14.4. The van der Waals surface area contributed by atoms with E-state index in [0.717, 1.165) is 11.8 Å². The van der Waals surface area contributed by atoms with Crippen LogP contribution in [0.15, 0.2) is 29.3 Å². The van der Waals surface area contributed by atoms with Crippen LogP contribution < -0.4 is 10.2 Å². The predicted molar refractivity (Wildman–Crippen MR) is 109 cm³/mol. The van der Waals surface area contributed by atoms with E-state index < -0.39 is 45.8 Å². The lowest BCUT2D eigenvalue weighted by atomic mass is 10.2. The quantitative estimate of drug-likeness (QED) is 0.761. The molecule has 0 radical (unpaired) electrons. The first-order chi connectivity index (χ1) is 13.5. The van der Waals surface area contributed by atoms with Crippen molar-refractivity contribution in [3.63, 3.8) is 0 Å². The first kappa shape index (κ1) is 21.6. The third kappa shape index (κ3) is 5.27. The van der Waals surface area contributed by atoms with E-state index in [1.807, 2.05) is 0 Å². The van der Waals surface area contributed by atoms with Crippen molar-refractivity contribution in [1.29, 1.82) is 0 Å². The number of hydrogen-bond acceptors (Lipinski definition) is 6. The number of nitrogens with zero attached hydrogens (tertiary/aromatic N) is 2. The SMILES string of the molecule is CC(C)(C)OC(=O)NCC(=O)N=C1S[C@H]2CS(=O)(=O)C[C@@H]2N1c1ccccc1F. The Balaban J connectivity index is 1.79. The molecule has 29 heavy (non-hydrogen) atoms. The number of anilines is 1. The smallest absolute Gasteiger partial charge is 0.408 e. The normalized spacial score (nSPS) is 24.4. The zero-order valence-electron chi connectivity index (χ0n) is 16.2. The van der Waals surface area contributed by atoms with Crippen LogP contribution in [-0.4, -0.2) is 60.5 Å². The maximum absolute atomic E-state index is 14.4. The molecular formula is C18H22FN3O5S2. The first-order valence-electron chi connectivity index (χ1n) is 8.94. The van der Waals surface area contributed by atoms with Crippen molar-refractivity contribution < 1.29 is 27.1 Å². The number of alkyl carbamates (subject to hydrolysis) is 1. The molecule has 2 heterocycles. The average molecular weight is 444 g/mol. The Morgan fingerprint density at radius 2 is 2.00 bits per heavy atom. The number of benzene rings is 1. The number of sulfone groups is 1. The summed E-state index contributed by atoms with van der Waals surface area (Å²) in [5.74, 6) is -1.38. The van der Waals surface area contributed by atoms with Gasteiger partial charge in [0.2, 0.25) is 0 Å². The second-order valence-corrected chi connectivity index (χ2v) is 11.1. The van der Waals surface area contributed by atoms with Gasteiger partial charge < -0.3 is 15.0 Å². The number of amidine groups is 1. The van der Waals surface area contributed by atoms with E-state index in [4.69, 9.17) is 4.74 Å². The van der Waals surface area contributed by atoms with Gasteiger partial charge in [-0.1, -0.05) is 23.9 Å². The number of fused-ring (bicyclic) bond motifs is 1. The van der Waals surface area contributed by atoms with Crippen LogP contribution in [0.5, 0.6) is 0 Å². The van der Waals surface area contributed by atoms with Gasteiger partial charge in [0.1, 0.15) is 18.0 Å². The molecule has 1 N–H and O–H groups in total. The fourth-order valence-electron chi connectivity index (χ4n) is 3.10. The number of aliphatic imine (C=N–C) groups is 1. The van der Waals surface area contributed by atoms with Crippen LogP contribution in [0.1, 0.15) is 20.8 Å². The molecule has 8 nitrogen and oxygen atoms in total. The fourth-order valence-corrected chi connectivity index (χ4v) is 7.03. The van der Waals surface area contributed by atoms with E-state index in [1.54, 1.807) is 26.8 Å². The van der Waals surface area contributed by atoms with Gasteiger partial charge in [-0.2, -0.15) is 4.99 Å². The van der Waals surface area contributed by atoms with Crippen molar-refractivity contribution in [2.75, 3.05) is 23.0 Å². The van der Waals surface area contributed by atoms with Crippen molar-refractivity contribution in [3.05, 3.63) is 30.1 Å². The Kier molecular flexibility index (Phi) is 5.91.